The third kappa shape index (κ3) is 3.11. The standard InChI is InChI=1S/C13H16N2O3.ClH/c16-13(9-2-1-5-14-7-9)15-10-3-4-11-12(6-10)18-8-17-11;/h3-4,6,9,14H,1-2,5,7-8H2,(H,15,16);1H. The Bertz CT molecular complexity index is 461. The molecule has 1 aromatic carbocycles. The van der Waals surface area contributed by atoms with Crippen LogP contribution in [-0.2, 0) is 4.79 Å². The highest BCUT2D eigenvalue weighted by Crippen LogP contribution is 2.34. The summed E-state index contributed by atoms with van der Waals surface area (Å²) in [7, 11) is 0. The molecule has 19 heavy (non-hydrogen) atoms. The fourth-order valence-corrected chi connectivity index (χ4v) is 2.29. The largest absolute Gasteiger partial charge is 0.454 e. The molecule has 104 valence electrons. The second-order valence-corrected chi connectivity index (χ2v) is 4.60. The molecule has 6 heteroatoms. The van der Waals surface area contributed by atoms with Crippen LogP contribution in [0, 0.1) is 5.92 Å². The maximum Gasteiger partial charge on any atom is 0.231 e. The average molecular weight is 285 g/mol. The van der Waals surface area contributed by atoms with Crippen molar-refractivity contribution in [1.29, 1.82) is 0 Å². The van der Waals surface area contributed by atoms with E-state index in [1.54, 1.807) is 6.07 Å². The Morgan fingerprint density at radius 3 is 2.95 bits per heavy atom. The summed E-state index contributed by atoms with van der Waals surface area (Å²) in [4.78, 5) is 12.0. The van der Waals surface area contributed by atoms with Crippen molar-refractivity contribution in [2.24, 2.45) is 5.92 Å². The van der Waals surface area contributed by atoms with Gasteiger partial charge in [0.25, 0.3) is 0 Å². The number of carbonyl (C=O) groups is 1. The lowest BCUT2D eigenvalue weighted by Gasteiger charge is -2.21. The van der Waals surface area contributed by atoms with Crippen molar-refractivity contribution in [2.75, 3.05) is 25.2 Å². The van der Waals surface area contributed by atoms with Crippen molar-refractivity contribution in [3.63, 3.8) is 0 Å². The molecule has 2 heterocycles. The number of benzene rings is 1. The topological polar surface area (TPSA) is 59.6 Å². The first kappa shape index (κ1) is 14.0. The predicted molar refractivity (Wildman–Crippen MR) is 74.0 cm³/mol. The van der Waals surface area contributed by atoms with E-state index in [0.29, 0.717) is 5.75 Å². The molecule has 0 aliphatic carbocycles. The first-order chi connectivity index (χ1) is 8.83. The van der Waals surface area contributed by atoms with E-state index < -0.39 is 0 Å². The normalized spacial score (nSPS) is 20.5. The number of anilines is 1. The van der Waals surface area contributed by atoms with Gasteiger partial charge in [0.15, 0.2) is 11.5 Å². The van der Waals surface area contributed by atoms with Gasteiger partial charge in [-0.15, -0.1) is 12.4 Å². The van der Waals surface area contributed by atoms with Crippen molar-refractivity contribution >= 4 is 24.0 Å². The van der Waals surface area contributed by atoms with Crippen LogP contribution >= 0.6 is 12.4 Å². The van der Waals surface area contributed by atoms with Gasteiger partial charge in [-0.05, 0) is 31.5 Å². The molecule has 0 bridgehead atoms. The number of fused-ring (bicyclic) bond motifs is 1. The predicted octanol–water partition coefficient (Wildman–Crippen LogP) is 1.78. The first-order valence-electron chi connectivity index (χ1n) is 6.24. The summed E-state index contributed by atoms with van der Waals surface area (Å²) in [5, 5.41) is 6.16. The summed E-state index contributed by atoms with van der Waals surface area (Å²) in [6.07, 6.45) is 2.00. The van der Waals surface area contributed by atoms with Gasteiger partial charge in [-0.25, -0.2) is 0 Å². The van der Waals surface area contributed by atoms with Crippen molar-refractivity contribution in [3.8, 4) is 11.5 Å². The summed E-state index contributed by atoms with van der Waals surface area (Å²) in [6.45, 7) is 2.02. The molecule has 1 unspecified atom stereocenters. The van der Waals surface area contributed by atoms with Gasteiger partial charge in [-0.3, -0.25) is 4.79 Å². The average Bonchev–Trinajstić information content (AvgIpc) is 2.87. The maximum absolute atomic E-state index is 12.0. The monoisotopic (exact) mass is 284 g/mol. The van der Waals surface area contributed by atoms with Gasteiger partial charge in [0.05, 0.1) is 5.92 Å². The summed E-state index contributed by atoms with van der Waals surface area (Å²) in [6, 6.07) is 5.45. The van der Waals surface area contributed by atoms with E-state index in [1.807, 2.05) is 12.1 Å². The Morgan fingerprint density at radius 2 is 2.16 bits per heavy atom. The highest BCUT2D eigenvalue weighted by molar-refractivity contribution is 5.93. The van der Waals surface area contributed by atoms with Crippen LogP contribution < -0.4 is 20.1 Å². The van der Waals surface area contributed by atoms with Gasteiger partial charge in [0, 0.05) is 18.3 Å². The number of piperidine rings is 1. The zero-order valence-corrected chi connectivity index (χ0v) is 11.3. The first-order valence-corrected chi connectivity index (χ1v) is 6.24. The molecule has 1 amide bonds. The van der Waals surface area contributed by atoms with Gasteiger partial charge < -0.3 is 20.1 Å². The molecule has 0 radical (unpaired) electrons. The SMILES string of the molecule is Cl.O=C(Nc1ccc2c(c1)OCO2)C1CCCNC1. The minimum atomic E-state index is 0. The van der Waals surface area contributed by atoms with E-state index in [1.165, 1.54) is 0 Å². The minimum Gasteiger partial charge on any atom is -0.454 e. The van der Waals surface area contributed by atoms with E-state index in [-0.39, 0.29) is 31.0 Å². The Balaban J connectivity index is 0.00000133. The summed E-state index contributed by atoms with van der Waals surface area (Å²) in [5.41, 5.74) is 0.759. The quantitative estimate of drug-likeness (QED) is 0.869. The lowest BCUT2D eigenvalue weighted by molar-refractivity contribution is -0.120. The maximum atomic E-state index is 12.0. The molecular weight excluding hydrogens is 268 g/mol. The molecule has 2 aliphatic rings. The second kappa shape index (κ2) is 6.12. The Morgan fingerprint density at radius 1 is 1.32 bits per heavy atom. The Hall–Kier alpha value is -1.46. The van der Waals surface area contributed by atoms with Gasteiger partial charge in [0.2, 0.25) is 12.7 Å². The molecule has 0 saturated carbocycles. The lowest BCUT2D eigenvalue weighted by Crippen LogP contribution is -2.37. The third-order valence-electron chi connectivity index (χ3n) is 3.31. The van der Waals surface area contributed by atoms with Crippen molar-refractivity contribution < 1.29 is 14.3 Å². The van der Waals surface area contributed by atoms with Crippen molar-refractivity contribution in [1.82, 2.24) is 5.32 Å². The van der Waals surface area contributed by atoms with Gasteiger partial charge in [-0.1, -0.05) is 0 Å². The van der Waals surface area contributed by atoms with E-state index >= 15 is 0 Å². The van der Waals surface area contributed by atoms with E-state index in [0.717, 1.165) is 37.4 Å². The number of hydrogen-bond donors (Lipinski definition) is 2. The van der Waals surface area contributed by atoms with Crippen LogP contribution in [0.1, 0.15) is 12.8 Å². The number of ether oxygens (including phenoxy) is 2. The van der Waals surface area contributed by atoms with E-state index in [2.05, 4.69) is 10.6 Å². The fourth-order valence-electron chi connectivity index (χ4n) is 2.29. The van der Waals surface area contributed by atoms with Crippen LogP contribution in [0.4, 0.5) is 5.69 Å². The second-order valence-electron chi connectivity index (χ2n) is 4.60. The summed E-state index contributed by atoms with van der Waals surface area (Å²) < 4.78 is 10.5. The van der Waals surface area contributed by atoms with Gasteiger partial charge in [0.1, 0.15) is 0 Å². The van der Waals surface area contributed by atoms with Gasteiger partial charge in [-0.2, -0.15) is 0 Å². The highest BCUT2D eigenvalue weighted by atomic mass is 35.5. The molecule has 0 spiro atoms. The van der Waals surface area contributed by atoms with Crippen LogP contribution in [0.25, 0.3) is 0 Å². The Labute approximate surface area is 118 Å². The summed E-state index contributed by atoms with van der Waals surface area (Å²) in [5.74, 6) is 1.55. The third-order valence-corrected chi connectivity index (χ3v) is 3.31. The zero-order chi connectivity index (χ0) is 12.4. The van der Waals surface area contributed by atoms with Gasteiger partial charge >= 0.3 is 0 Å². The molecule has 2 aliphatic heterocycles. The smallest absolute Gasteiger partial charge is 0.231 e. The zero-order valence-electron chi connectivity index (χ0n) is 10.5. The van der Waals surface area contributed by atoms with Crippen LogP contribution in [0.2, 0.25) is 0 Å². The number of amides is 1. The highest BCUT2D eigenvalue weighted by Gasteiger charge is 2.21. The molecule has 2 N–H and O–H groups in total. The molecule has 0 aromatic heterocycles. The Kier molecular flexibility index (Phi) is 4.50. The molecule has 1 aromatic rings. The molecule has 1 atom stereocenters. The minimum absolute atomic E-state index is 0. The van der Waals surface area contributed by atoms with E-state index in [4.69, 9.17) is 9.47 Å². The molecule has 1 saturated heterocycles. The number of hydrogen-bond acceptors (Lipinski definition) is 4. The molecule has 1 fully saturated rings. The van der Waals surface area contributed by atoms with Crippen molar-refractivity contribution in [3.05, 3.63) is 18.2 Å². The van der Waals surface area contributed by atoms with Crippen LogP contribution in [-0.4, -0.2) is 25.8 Å². The van der Waals surface area contributed by atoms with E-state index in [9.17, 15) is 4.79 Å². The number of nitrogens with one attached hydrogen (secondary N) is 2. The van der Waals surface area contributed by atoms with Crippen LogP contribution in [0.3, 0.4) is 0 Å². The number of carbonyl (C=O) groups excluding carboxylic acids is 1. The number of halogens is 1. The van der Waals surface area contributed by atoms with Crippen LogP contribution in [0.15, 0.2) is 18.2 Å². The molecular formula is C13H17ClN2O3. The summed E-state index contributed by atoms with van der Waals surface area (Å²) >= 11 is 0. The molecule has 3 rings (SSSR count). The van der Waals surface area contributed by atoms with Crippen LogP contribution in [0.5, 0.6) is 11.5 Å². The number of rotatable bonds is 2. The lowest BCUT2D eigenvalue weighted by atomic mass is 9.99. The molecule has 5 nitrogen and oxygen atoms in total. The fraction of sp³-hybridized carbons (Fsp3) is 0.462. The van der Waals surface area contributed by atoms with Crippen molar-refractivity contribution in [2.45, 2.75) is 12.8 Å².